The number of aliphatic hydroxyl groups is 1. The van der Waals surface area contributed by atoms with Gasteiger partial charge in [0.25, 0.3) is 0 Å². The summed E-state index contributed by atoms with van der Waals surface area (Å²) in [5.41, 5.74) is -1.44. The lowest BCUT2D eigenvalue weighted by Crippen LogP contribution is -2.72. The second-order valence-electron chi connectivity index (χ2n) is 11.5. The number of nitrogens with zero attached hydrogens (tertiary/aromatic N) is 2. The number of pyridine rings is 2. The van der Waals surface area contributed by atoms with Crippen LogP contribution in [0.5, 0.6) is 0 Å². The average molecular weight is 559 g/mol. The molecule has 9 heteroatoms. The van der Waals surface area contributed by atoms with E-state index in [0.29, 0.717) is 12.0 Å². The second kappa shape index (κ2) is 10.7. The molecule has 6 atom stereocenters. The number of carbonyl (C=O) groups is 3. The fraction of sp³-hybridized carbons (Fsp3) is 0.406. The Morgan fingerprint density at radius 3 is 2.17 bits per heavy atom. The molecule has 3 aliphatic rings. The maximum absolute atomic E-state index is 13.5. The SMILES string of the molecule is CC1=CCC[C@H]2[C@@]1(C)[C@@H](OC(=O)c1cccnc1)[C@H](OC(=O)c1cccnc1)[C@](C)(O)[C@]2(C)/C=C\C1=CC(=O)OC1. The smallest absolute Gasteiger partial charge is 0.340 e. The summed E-state index contributed by atoms with van der Waals surface area (Å²) in [7, 11) is 0. The fourth-order valence-electron chi connectivity index (χ4n) is 6.62. The van der Waals surface area contributed by atoms with Crippen molar-refractivity contribution in [1.29, 1.82) is 0 Å². The van der Waals surface area contributed by atoms with Crippen molar-refractivity contribution in [3.8, 4) is 0 Å². The number of carbonyl (C=O) groups excluding carboxylic acids is 3. The Bertz CT molecular complexity index is 1430. The molecule has 3 heterocycles. The van der Waals surface area contributed by atoms with Crippen LogP contribution in [0.15, 0.2) is 84.5 Å². The van der Waals surface area contributed by atoms with Crippen LogP contribution in [0.4, 0.5) is 0 Å². The van der Waals surface area contributed by atoms with Gasteiger partial charge in [-0.2, -0.15) is 0 Å². The number of hydrogen-bond acceptors (Lipinski definition) is 9. The van der Waals surface area contributed by atoms with Crippen molar-refractivity contribution in [3.63, 3.8) is 0 Å². The lowest BCUT2D eigenvalue weighted by Gasteiger charge is -2.64. The van der Waals surface area contributed by atoms with Crippen molar-refractivity contribution in [2.45, 2.75) is 58.3 Å². The van der Waals surface area contributed by atoms with E-state index in [1.165, 1.54) is 18.5 Å². The number of ether oxygens (including phenoxy) is 3. The fourth-order valence-corrected chi connectivity index (χ4v) is 6.62. The summed E-state index contributed by atoms with van der Waals surface area (Å²) < 4.78 is 17.4. The first-order chi connectivity index (χ1) is 19.5. The minimum Gasteiger partial charge on any atom is -0.458 e. The van der Waals surface area contributed by atoms with E-state index in [9.17, 15) is 19.5 Å². The van der Waals surface area contributed by atoms with E-state index in [1.54, 1.807) is 49.7 Å². The molecule has 0 saturated heterocycles. The summed E-state index contributed by atoms with van der Waals surface area (Å²) >= 11 is 0. The molecule has 1 N–H and O–H groups in total. The molecule has 2 aromatic heterocycles. The molecule has 2 aliphatic carbocycles. The van der Waals surface area contributed by atoms with E-state index in [1.807, 2.05) is 26.8 Å². The predicted octanol–water partition coefficient (Wildman–Crippen LogP) is 4.40. The van der Waals surface area contributed by atoms with Gasteiger partial charge in [0.2, 0.25) is 0 Å². The van der Waals surface area contributed by atoms with Gasteiger partial charge in [0, 0.05) is 41.7 Å². The quantitative estimate of drug-likeness (QED) is 0.312. The first kappa shape index (κ1) is 28.4. The molecule has 214 valence electrons. The van der Waals surface area contributed by atoms with Crippen molar-refractivity contribution in [2.75, 3.05) is 6.61 Å². The highest BCUT2D eigenvalue weighted by atomic mass is 16.6. The number of rotatable bonds is 6. The number of aromatic nitrogens is 2. The molecule has 0 spiro atoms. The third-order valence-electron chi connectivity index (χ3n) is 9.30. The van der Waals surface area contributed by atoms with Crippen LogP contribution in [0.2, 0.25) is 0 Å². The number of fused-ring (bicyclic) bond motifs is 1. The van der Waals surface area contributed by atoms with E-state index in [2.05, 4.69) is 16.0 Å². The molecule has 41 heavy (non-hydrogen) atoms. The molecule has 0 unspecified atom stereocenters. The summed E-state index contributed by atoms with van der Waals surface area (Å²) in [4.78, 5) is 46.7. The predicted molar refractivity (Wildman–Crippen MR) is 148 cm³/mol. The summed E-state index contributed by atoms with van der Waals surface area (Å²) in [6.07, 6.45) is 12.2. The third-order valence-corrected chi connectivity index (χ3v) is 9.30. The van der Waals surface area contributed by atoms with Crippen LogP contribution in [0.25, 0.3) is 0 Å². The highest BCUT2D eigenvalue weighted by molar-refractivity contribution is 5.90. The maximum atomic E-state index is 13.5. The van der Waals surface area contributed by atoms with Crippen LogP contribution in [-0.4, -0.2) is 57.4 Å². The van der Waals surface area contributed by atoms with Crippen molar-refractivity contribution < 1.29 is 33.7 Å². The third kappa shape index (κ3) is 4.88. The van der Waals surface area contributed by atoms with E-state index < -0.39 is 46.5 Å². The van der Waals surface area contributed by atoms with Gasteiger partial charge in [0.1, 0.15) is 12.2 Å². The lowest BCUT2D eigenvalue weighted by molar-refractivity contribution is -0.251. The molecule has 0 amide bonds. The zero-order valence-corrected chi connectivity index (χ0v) is 23.6. The van der Waals surface area contributed by atoms with Gasteiger partial charge >= 0.3 is 17.9 Å². The van der Waals surface area contributed by atoms with Crippen molar-refractivity contribution in [2.24, 2.45) is 16.7 Å². The van der Waals surface area contributed by atoms with Gasteiger partial charge in [-0.1, -0.05) is 37.6 Å². The minimum atomic E-state index is -1.72. The standard InChI is InChI=1S/C32H34N2O7/c1-20-8-5-11-24-30(2,13-12-21-16-25(35)39-19-21)32(4,38)27(41-29(37)23-10-7-15-34-18-23)26(31(20,24)3)40-28(36)22-9-6-14-33-17-22/h6-10,12-18,24,26-27,38H,5,11,19H2,1-4H3/b13-12-/t24-,26+,27+,30-,31+,32+/m1/s1. The Morgan fingerprint density at radius 1 is 1.02 bits per heavy atom. The van der Waals surface area contributed by atoms with Gasteiger partial charge < -0.3 is 19.3 Å². The second-order valence-corrected chi connectivity index (χ2v) is 11.5. The van der Waals surface area contributed by atoms with Gasteiger partial charge in [0.05, 0.1) is 11.1 Å². The lowest BCUT2D eigenvalue weighted by atomic mass is 9.44. The van der Waals surface area contributed by atoms with Crippen molar-refractivity contribution in [1.82, 2.24) is 9.97 Å². The Balaban J connectivity index is 1.64. The first-order valence-corrected chi connectivity index (χ1v) is 13.7. The average Bonchev–Trinajstić information content (AvgIpc) is 3.39. The van der Waals surface area contributed by atoms with E-state index in [4.69, 9.17) is 14.2 Å². The maximum Gasteiger partial charge on any atom is 0.340 e. The van der Waals surface area contributed by atoms with E-state index >= 15 is 0 Å². The Morgan fingerprint density at radius 2 is 1.63 bits per heavy atom. The van der Waals surface area contributed by atoms with Crippen LogP contribution in [-0.2, 0) is 19.0 Å². The van der Waals surface area contributed by atoms with E-state index in [-0.39, 0.29) is 23.7 Å². The summed E-state index contributed by atoms with van der Waals surface area (Å²) in [5.74, 6) is -1.98. The van der Waals surface area contributed by atoms with Gasteiger partial charge in [-0.25, -0.2) is 14.4 Å². The Labute approximate surface area is 238 Å². The van der Waals surface area contributed by atoms with Gasteiger partial charge in [-0.05, 0) is 62.4 Å². The highest BCUT2D eigenvalue weighted by Crippen LogP contribution is 2.63. The molecule has 1 saturated carbocycles. The number of hydrogen-bond donors (Lipinski definition) is 1. The van der Waals surface area contributed by atoms with Gasteiger partial charge in [-0.3, -0.25) is 9.97 Å². The molecule has 0 bridgehead atoms. The molecular formula is C32H34N2O7. The van der Waals surface area contributed by atoms with E-state index in [0.717, 1.165) is 12.0 Å². The molecule has 1 aliphatic heterocycles. The molecule has 9 nitrogen and oxygen atoms in total. The molecule has 1 fully saturated rings. The summed E-state index contributed by atoms with van der Waals surface area (Å²) in [6.45, 7) is 7.65. The Kier molecular flexibility index (Phi) is 7.42. The monoisotopic (exact) mass is 558 g/mol. The molecule has 0 radical (unpaired) electrons. The molecule has 2 aromatic rings. The molecular weight excluding hydrogens is 524 g/mol. The normalized spacial score (nSPS) is 32.9. The topological polar surface area (TPSA) is 125 Å². The van der Waals surface area contributed by atoms with Crippen LogP contribution in [0.1, 0.15) is 61.3 Å². The van der Waals surface area contributed by atoms with Crippen LogP contribution >= 0.6 is 0 Å². The molecule has 5 rings (SSSR count). The molecule has 0 aromatic carbocycles. The van der Waals surface area contributed by atoms with Crippen molar-refractivity contribution >= 4 is 17.9 Å². The number of esters is 3. The van der Waals surface area contributed by atoms with Gasteiger partial charge in [0.15, 0.2) is 12.2 Å². The number of cyclic esters (lactones) is 1. The highest BCUT2D eigenvalue weighted by Gasteiger charge is 2.69. The van der Waals surface area contributed by atoms with Crippen LogP contribution in [0.3, 0.4) is 0 Å². The van der Waals surface area contributed by atoms with Gasteiger partial charge in [-0.15, -0.1) is 0 Å². The van der Waals surface area contributed by atoms with Crippen LogP contribution < -0.4 is 0 Å². The zero-order valence-electron chi connectivity index (χ0n) is 23.6. The summed E-state index contributed by atoms with van der Waals surface area (Å²) in [5, 5.41) is 12.5. The first-order valence-electron chi connectivity index (χ1n) is 13.7. The zero-order chi connectivity index (χ0) is 29.4. The summed E-state index contributed by atoms with van der Waals surface area (Å²) in [6, 6.07) is 6.43. The largest absolute Gasteiger partial charge is 0.458 e. The minimum absolute atomic E-state index is 0.138. The number of allylic oxidation sites excluding steroid dienone is 1. The Hall–Kier alpha value is -4.11. The van der Waals surface area contributed by atoms with Crippen LogP contribution in [0, 0.1) is 16.7 Å². The van der Waals surface area contributed by atoms with Crippen molar-refractivity contribution in [3.05, 3.63) is 95.6 Å².